The van der Waals surface area contributed by atoms with Crippen LogP contribution in [0.3, 0.4) is 0 Å². The summed E-state index contributed by atoms with van der Waals surface area (Å²) >= 11 is 0. The molecule has 2 amide bonds. The zero-order valence-electron chi connectivity index (χ0n) is 18.3. The number of nitrogens with zero attached hydrogens (tertiary/aromatic N) is 3. The van der Waals surface area contributed by atoms with Gasteiger partial charge in [0.05, 0.1) is 13.2 Å². The minimum atomic E-state index is -0.254. The SMILES string of the molecule is Cc1ccc(-c2cc(C(=O)NCc3cnc(C)nc3)cc(C(=O)N3CCOCC3)c2)cc1. The first kappa shape index (κ1) is 21.6. The van der Waals surface area contributed by atoms with E-state index in [-0.39, 0.29) is 11.8 Å². The van der Waals surface area contributed by atoms with E-state index in [2.05, 4.69) is 15.3 Å². The van der Waals surface area contributed by atoms with Gasteiger partial charge in [0.25, 0.3) is 11.8 Å². The molecule has 7 nitrogen and oxygen atoms in total. The molecule has 1 aliphatic heterocycles. The van der Waals surface area contributed by atoms with Crippen molar-refractivity contribution in [2.75, 3.05) is 26.3 Å². The Morgan fingerprint density at radius 2 is 1.59 bits per heavy atom. The second-order valence-electron chi connectivity index (χ2n) is 7.89. The number of ether oxygens (including phenoxy) is 1. The fourth-order valence-corrected chi connectivity index (χ4v) is 3.54. The van der Waals surface area contributed by atoms with Crippen LogP contribution in [0.1, 0.15) is 37.7 Å². The van der Waals surface area contributed by atoms with Crippen LogP contribution in [0.4, 0.5) is 0 Å². The molecule has 1 fully saturated rings. The molecule has 1 N–H and O–H groups in total. The number of aromatic nitrogens is 2. The van der Waals surface area contributed by atoms with Crippen LogP contribution in [0, 0.1) is 13.8 Å². The lowest BCUT2D eigenvalue weighted by molar-refractivity contribution is 0.0303. The van der Waals surface area contributed by atoms with Crippen molar-refractivity contribution in [2.45, 2.75) is 20.4 Å². The maximum absolute atomic E-state index is 13.1. The molecule has 7 heteroatoms. The van der Waals surface area contributed by atoms with Crippen LogP contribution in [0.2, 0.25) is 0 Å². The molecule has 0 saturated carbocycles. The van der Waals surface area contributed by atoms with Gasteiger partial charge in [0.15, 0.2) is 0 Å². The summed E-state index contributed by atoms with van der Waals surface area (Å²) in [5, 5.41) is 2.90. The molecule has 0 unspecified atom stereocenters. The van der Waals surface area contributed by atoms with Gasteiger partial charge in [-0.25, -0.2) is 9.97 Å². The minimum absolute atomic E-state index is 0.0942. The molecule has 2 heterocycles. The van der Waals surface area contributed by atoms with E-state index < -0.39 is 0 Å². The van der Waals surface area contributed by atoms with E-state index in [0.29, 0.717) is 49.8 Å². The van der Waals surface area contributed by atoms with E-state index in [0.717, 1.165) is 22.3 Å². The maximum atomic E-state index is 13.1. The topological polar surface area (TPSA) is 84.4 Å². The Morgan fingerprint density at radius 3 is 2.28 bits per heavy atom. The van der Waals surface area contributed by atoms with Gasteiger partial charge in [-0.05, 0) is 43.2 Å². The van der Waals surface area contributed by atoms with Gasteiger partial charge in [-0.2, -0.15) is 0 Å². The van der Waals surface area contributed by atoms with Crippen molar-refractivity contribution in [2.24, 2.45) is 0 Å². The number of benzene rings is 2. The number of carbonyl (C=O) groups is 2. The standard InChI is InChI=1S/C25H26N4O3/c1-17-3-5-20(6-4-17)21-11-22(24(30)28-16-19-14-26-18(2)27-15-19)13-23(12-21)25(31)29-7-9-32-10-8-29/h3-6,11-15H,7-10,16H2,1-2H3,(H,28,30). The normalized spacial score (nSPS) is 13.6. The summed E-state index contributed by atoms with van der Waals surface area (Å²) in [5.41, 5.74) is 4.67. The van der Waals surface area contributed by atoms with Crippen LogP contribution in [0.25, 0.3) is 11.1 Å². The van der Waals surface area contributed by atoms with E-state index >= 15 is 0 Å². The molecule has 4 rings (SSSR count). The largest absolute Gasteiger partial charge is 0.378 e. The third kappa shape index (κ3) is 5.18. The molecule has 1 aromatic heterocycles. The molecule has 164 valence electrons. The molecule has 32 heavy (non-hydrogen) atoms. The quantitative estimate of drug-likeness (QED) is 0.672. The van der Waals surface area contributed by atoms with Gasteiger partial charge in [0.1, 0.15) is 5.82 Å². The van der Waals surface area contributed by atoms with Crippen molar-refractivity contribution in [3.05, 3.63) is 82.9 Å². The number of morpholine rings is 1. The molecule has 0 radical (unpaired) electrons. The van der Waals surface area contributed by atoms with Gasteiger partial charge in [0.2, 0.25) is 0 Å². The molecular weight excluding hydrogens is 404 g/mol. The Morgan fingerprint density at radius 1 is 0.938 bits per heavy atom. The highest BCUT2D eigenvalue weighted by molar-refractivity contribution is 6.01. The van der Waals surface area contributed by atoms with E-state index in [1.54, 1.807) is 23.4 Å². The summed E-state index contributed by atoms with van der Waals surface area (Å²) in [4.78, 5) is 36.2. The van der Waals surface area contributed by atoms with Crippen molar-refractivity contribution >= 4 is 11.8 Å². The van der Waals surface area contributed by atoms with Crippen molar-refractivity contribution in [3.63, 3.8) is 0 Å². The summed E-state index contributed by atoms with van der Waals surface area (Å²) in [6.07, 6.45) is 3.39. The van der Waals surface area contributed by atoms with E-state index in [9.17, 15) is 9.59 Å². The lowest BCUT2D eigenvalue weighted by Crippen LogP contribution is -2.40. The summed E-state index contributed by atoms with van der Waals surface area (Å²) in [6.45, 7) is 6.28. The van der Waals surface area contributed by atoms with Gasteiger partial charge in [-0.1, -0.05) is 29.8 Å². The van der Waals surface area contributed by atoms with Crippen molar-refractivity contribution in [3.8, 4) is 11.1 Å². The van der Waals surface area contributed by atoms with Crippen molar-refractivity contribution in [1.82, 2.24) is 20.2 Å². The Labute approximate surface area is 187 Å². The van der Waals surface area contributed by atoms with Gasteiger partial charge >= 0.3 is 0 Å². The van der Waals surface area contributed by atoms with Gasteiger partial charge in [-0.3, -0.25) is 9.59 Å². The number of aryl methyl sites for hydroxylation is 2. The summed E-state index contributed by atoms with van der Waals surface area (Å²) < 4.78 is 5.37. The van der Waals surface area contributed by atoms with Crippen LogP contribution in [-0.4, -0.2) is 53.0 Å². The van der Waals surface area contributed by atoms with E-state index in [1.165, 1.54) is 0 Å². The number of carbonyl (C=O) groups excluding carboxylic acids is 2. The van der Waals surface area contributed by atoms with Crippen LogP contribution < -0.4 is 5.32 Å². The fourth-order valence-electron chi connectivity index (χ4n) is 3.54. The number of rotatable bonds is 5. The van der Waals surface area contributed by atoms with Crippen molar-refractivity contribution < 1.29 is 14.3 Å². The van der Waals surface area contributed by atoms with E-state index in [1.807, 2.05) is 50.2 Å². The first-order valence-corrected chi connectivity index (χ1v) is 10.6. The molecule has 1 saturated heterocycles. The molecule has 0 aliphatic carbocycles. The highest BCUT2D eigenvalue weighted by Gasteiger charge is 2.21. The lowest BCUT2D eigenvalue weighted by atomic mass is 9.98. The Kier molecular flexibility index (Phi) is 6.56. The van der Waals surface area contributed by atoms with E-state index in [4.69, 9.17) is 4.74 Å². The predicted octanol–water partition coefficient (Wildman–Crippen LogP) is 3.16. The summed E-state index contributed by atoms with van der Waals surface area (Å²) in [6, 6.07) is 13.4. The monoisotopic (exact) mass is 430 g/mol. The molecule has 1 aliphatic rings. The summed E-state index contributed by atoms with van der Waals surface area (Å²) in [7, 11) is 0. The number of hydrogen-bond acceptors (Lipinski definition) is 5. The second kappa shape index (κ2) is 9.70. The first-order valence-electron chi connectivity index (χ1n) is 10.6. The molecule has 3 aromatic rings. The van der Waals surface area contributed by atoms with Gasteiger partial charge in [0, 0.05) is 48.7 Å². The average molecular weight is 431 g/mol. The Bertz CT molecular complexity index is 1110. The third-order valence-corrected chi connectivity index (χ3v) is 5.41. The minimum Gasteiger partial charge on any atom is -0.378 e. The van der Waals surface area contributed by atoms with Crippen LogP contribution in [0.5, 0.6) is 0 Å². The Hall–Kier alpha value is -3.58. The average Bonchev–Trinajstić information content (AvgIpc) is 2.83. The second-order valence-corrected chi connectivity index (χ2v) is 7.89. The van der Waals surface area contributed by atoms with Crippen LogP contribution >= 0.6 is 0 Å². The third-order valence-electron chi connectivity index (χ3n) is 5.41. The number of nitrogens with one attached hydrogen (secondary N) is 1. The molecule has 0 atom stereocenters. The molecule has 0 spiro atoms. The zero-order valence-corrected chi connectivity index (χ0v) is 18.3. The molecular formula is C25H26N4O3. The number of amides is 2. The zero-order chi connectivity index (χ0) is 22.5. The lowest BCUT2D eigenvalue weighted by Gasteiger charge is -2.27. The van der Waals surface area contributed by atoms with Gasteiger partial charge in [-0.15, -0.1) is 0 Å². The van der Waals surface area contributed by atoms with Crippen LogP contribution in [-0.2, 0) is 11.3 Å². The predicted molar refractivity (Wildman–Crippen MR) is 121 cm³/mol. The first-order chi connectivity index (χ1) is 15.5. The molecule has 2 aromatic carbocycles. The van der Waals surface area contributed by atoms with Gasteiger partial charge < -0.3 is 15.0 Å². The smallest absolute Gasteiger partial charge is 0.254 e. The maximum Gasteiger partial charge on any atom is 0.254 e. The Balaban J connectivity index is 1.62. The molecule has 0 bridgehead atoms. The highest BCUT2D eigenvalue weighted by Crippen LogP contribution is 2.24. The summed E-state index contributed by atoms with van der Waals surface area (Å²) in [5.74, 6) is 0.330. The van der Waals surface area contributed by atoms with Crippen molar-refractivity contribution in [1.29, 1.82) is 0 Å². The highest BCUT2D eigenvalue weighted by atomic mass is 16.5. The van der Waals surface area contributed by atoms with Crippen LogP contribution in [0.15, 0.2) is 54.9 Å². The number of hydrogen-bond donors (Lipinski definition) is 1. The fraction of sp³-hybridized carbons (Fsp3) is 0.280.